The molecule has 1 unspecified atom stereocenters. The van der Waals surface area contributed by atoms with Crippen LogP contribution in [0, 0.1) is 11.8 Å². The quantitative estimate of drug-likeness (QED) is 0.891. The van der Waals surface area contributed by atoms with Crippen LogP contribution in [0.4, 0.5) is 11.5 Å². The van der Waals surface area contributed by atoms with Crippen molar-refractivity contribution in [1.82, 2.24) is 4.98 Å². The summed E-state index contributed by atoms with van der Waals surface area (Å²) in [6.45, 7) is 9.27. The second-order valence-electron chi connectivity index (χ2n) is 5.24. The lowest BCUT2D eigenvalue weighted by molar-refractivity contribution is 0.329. The minimum atomic E-state index is 0.558. The Hall–Kier alpha value is -1.45. The number of anilines is 2. The first-order valence-corrected chi connectivity index (χ1v) is 6.76. The van der Waals surface area contributed by atoms with Gasteiger partial charge >= 0.3 is 0 Å². The zero-order valence-corrected chi connectivity index (χ0v) is 11.5. The van der Waals surface area contributed by atoms with E-state index >= 15 is 0 Å². The molecule has 100 valence electrons. The number of nitrogens with two attached hydrogens (primary N) is 1. The predicted molar refractivity (Wildman–Crippen MR) is 75.0 cm³/mol. The van der Waals surface area contributed by atoms with Crippen LogP contribution in [-0.4, -0.2) is 24.7 Å². The van der Waals surface area contributed by atoms with Gasteiger partial charge < -0.3 is 15.4 Å². The van der Waals surface area contributed by atoms with E-state index in [1.54, 1.807) is 0 Å². The Morgan fingerprint density at radius 2 is 2.28 bits per heavy atom. The van der Waals surface area contributed by atoms with Gasteiger partial charge in [-0.3, -0.25) is 0 Å². The van der Waals surface area contributed by atoms with Gasteiger partial charge in [-0.2, -0.15) is 4.98 Å². The molecule has 1 aromatic heterocycles. The van der Waals surface area contributed by atoms with Crippen LogP contribution in [0.25, 0.3) is 0 Å². The van der Waals surface area contributed by atoms with Crippen molar-refractivity contribution in [3.8, 4) is 5.88 Å². The van der Waals surface area contributed by atoms with Gasteiger partial charge in [-0.1, -0.05) is 13.8 Å². The van der Waals surface area contributed by atoms with E-state index in [2.05, 4.69) is 23.7 Å². The number of rotatable bonds is 4. The van der Waals surface area contributed by atoms with E-state index in [9.17, 15) is 0 Å². The van der Waals surface area contributed by atoms with E-state index in [1.165, 1.54) is 6.42 Å². The number of ether oxygens (including phenoxy) is 1. The summed E-state index contributed by atoms with van der Waals surface area (Å²) < 4.78 is 5.45. The molecule has 0 bridgehead atoms. The van der Waals surface area contributed by atoms with Crippen LogP contribution in [0.3, 0.4) is 0 Å². The molecule has 0 saturated carbocycles. The van der Waals surface area contributed by atoms with Crippen LogP contribution >= 0.6 is 0 Å². The van der Waals surface area contributed by atoms with E-state index in [1.807, 2.05) is 19.1 Å². The van der Waals surface area contributed by atoms with Gasteiger partial charge in [0.1, 0.15) is 5.82 Å². The standard InChI is InChI=1S/C14H23N3O/c1-4-18-14-12(15)5-6-13(16-14)17-8-7-11(9-17)10(2)3/h5-6,10-11H,4,7-9,15H2,1-3H3. The molecule has 1 saturated heterocycles. The first kappa shape index (κ1) is 13.0. The summed E-state index contributed by atoms with van der Waals surface area (Å²) in [5.41, 5.74) is 6.46. The molecule has 2 heterocycles. The first-order chi connectivity index (χ1) is 8.61. The number of aromatic nitrogens is 1. The van der Waals surface area contributed by atoms with E-state index < -0.39 is 0 Å². The van der Waals surface area contributed by atoms with Gasteiger partial charge in [0.2, 0.25) is 5.88 Å². The Bertz CT molecular complexity index is 406. The van der Waals surface area contributed by atoms with E-state index in [0.29, 0.717) is 18.2 Å². The maximum atomic E-state index is 5.84. The summed E-state index contributed by atoms with van der Waals surface area (Å²) in [5.74, 6) is 3.04. The lowest BCUT2D eigenvalue weighted by Crippen LogP contribution is -2.22. The fraction of sp³-hybridized carbons (Fsp3) is 0.643. The minimum Gasteiger partial charge on any atom is -0.476 e. The first-order valence-electron chi connectivity index (χ1n) is 6.76. The molecule has 1 atom stereocenters. The zero-order chi connectivity index (χ0) is 13.1. The van der Waals surface area contributed by atoms with Crippen LogP contribution in [0.2, 0.25) is 0 Å². The fourth-order valence-corrected chi connectivity index (χ4v) is 2.41. The summed E-state index contributed by atoms with van der Waals surface area (Å²) in [6.07, 6.45) is 1.24. The third-order valence-electron chi connectivity index (χ3n) is 3.65. The molecule has 2 N–H and O–H groups in total. The molecule has 0 radical (unpaired) electrons. The van der Waals surface area contributed by atoms with Crippen LogP contribution in [0.15, 0.2) is 12.1 Å². The van der Waals surface area contributed by atoms with E-state index in [0.717, 1.165) is 30.7 Å². The third kappa shape index (κ3) is 2.68. The average Bonchev–Trinajstić information content (AvgIpc) is 2.82. The number of nitrogen functional groups attached to an aromatic ring is 1. The SMILES string of the molecule is CCOc1nc(N2CCC(C(C)C)C2)ccc1N. The minimum absolute atomic E-state index is 0.558. The molecule has 0 aliphatic carbocycles. The third-order valence-corrected chi connectivity index (χ3v) is 3.65. The fourth-order valence-electron chi connectivity index (χ4n) is 2.41. The Kier molecular flexibility index (Phi) is 3.94. The Balaban J connectivity index is 2.12. The van der Waals surface area contributed by atoms with Crippen molar-refractivity contribution in [2.45, 2.75) is 27.2 Å². The summed E-state index contributed by atoms with van der Waals surface area (Å²) in [5, 5.41) is 0. The number of hydrogen-bond donors (Lipinski definition) is 1. The molecule has 4 nitrogen and oxygen atoms in total. The highest BCUT2D eigenvalue weighted by Crippen LogP contribution is 2.29. The van der Waals surface area contributed by atoms with Crippen molar-refractivity contribution in [3.63, 3.8) is 0 Å². The molecule has 0 aromatic carbocycles. The molecular formula is C14H23N3O. The largest absolute Gasteiger partial charge is 0.476 e. The van der Waals surface area contributed by atoms with Crippen molar-refractivity contribution < 1.29 is 4.74 Å². The van der Waals surface area contributed by atoms with Crippen LogP contribution < -0.4 is 15.4 Å². The van der Waals surface area contributed by atoms with Crippen LogP contribution in [0.5, 0.6) is 5.88 Å². The second kappa shape index (κ2) is 5.46. The second-order valence-corrected chi connectivity index (χ2v) is 5.24. The lowest BCUT2D eigenvalue weighted by atomic mass is 9.95. The molecule has 2 rings (SSSR count). The lowest BCUT2D eigenvalue weighted by Gasteiger charge is -2.20. The number of pyridine rings is 1. The Morgan fingerprint density at radius 1 is 1.50 bits per heavy atom. The van der Waals surface area contributed by atoms with Gasteiger partial charge in [0.05, 0.1) is 12.3 Å². The van der Waals surface area contributed by atoms with Crippen LogP contribution in [-0.2, 0) is 0 Å². The average molecular weight is 249 g/mol. The van der Waals surface area contributed by atoms with E-state index in [4.69, 9.17) is 10.5 Å². The van der Waals surface area contributed by atoms with Gasteiger partial charge in [-0.15, -0.1) is 0 Å². The molecule has 1 aromatic rings. The van der Waals surface area contributed by atoms with Crippen molar-refractivity contribution >= 4 is 11.5 Å². The maximum absolute atomic E-state index is 5.84. The molecule has 1 aliphatic rings. The molecule has 1 fully saturated rings. The molecule has 0 amide bonds. The van der Waals surface area contributed by atoms with Crippen molar-refractivity contribution in [1.29, 1.82) is 0 Å². The van der Waals surface area contributed by atoms with Crippen LogP contribution in [0.1, 0.15) is 27.2 Å². The predicted octanol–water partition coefficient (Wildman–Crippen LogP) is 2.54. The molecule has 0 spiro atoms. The summed E-state index contributed by atoms with van der Waals surface area (Å²) in [6, 6.07) is 3.87. The number of nitrogens with zero attached hydrogens (tertiary/aromatic N) is 2. The molecular weight excluding hydrogens is 226 g/mol. The Morgan fingerprint density at radius 3 is 2.89 bits per heavy atom. The monoisotopic (exact) mass is 249 g/mol. The highest BCUT2D eigenvalue weighted by atomic mass is 16.5. The number of hydrogen-bond acceptors (Lipinski definition) is 4. The maximum Gasteiger partial charge on any atom is 0.239 e. The van der Waals surface area contributed by atoms with Crippen molar-refractivity contribution in [2.24, 2.45) is 11.8 Å². The van der Waals surface area contributed by atoms with E-state index in [-0.39, 0.29) is 0 Å². The van der Waals surface area contributed by atoms with Gasteiger partial charge in [0.25, 0.3) is 0 Å². The molecule has 4 heteroatoms. The van der Waals surface area contributed by atoms with Gasteiger partial charge in [-0.05, 0) is 37.3 Å². The summed E-state index contributed by atoms with van der Waals surface area (Å²) >= 11 is 0. The molecule has 18 heavy (non-hydrogen) atoms. The summed E-state index contributed by atoms with van der Waals surface area (Å²) in [7, 11) is 0. The van der Waals surface area contributed by atoms with Crippen molar-refractivity contribution in [3.05, 3.63) is 12.1 Å². The highest BCUT2D eigenvalue weighted by Gasteiger charge is 2.26. The topological polar surface area (TPSA) is 51.4 Å². The van der Waals surface area contributed by atoms with Crippen molar-refractivity contribution in [2.75, 3.05) is 30.3 Å². The van der Waals surface area contributed by atoms with Gasteiger partial charge in [0, 0.05) is 13.1 Å². The summed E-state index contributed by atoms with van der Waals surface area (Å²) in [4.78, 5) is 6.84. The highest BCUT2D eigenvalue weighted by molar-refractivity contribution is 5.54. The molecule has 1 aliphatic heterocycles. The Labute approximate surface area is 109 Å². The van der Waals surface area contributed by atoms with Gasteiger partial charge in [0.15, 0.2) is 0 Å². The zero-order valence-electron chi connectivity index (χ0n) is 11.5. The normalized spacial score (nSPS) is 19.6. The van der Waals surface area contributed by atoms with Gasteiger partial charge in [-0.25, -0.2) is 0 Å². The smallest absolute Gasteiger partial charge is 0.239 e.